The molecule has 1 N–H and O–H groups in total. The lowest BCUT2D eigenvalue weighted by molar-refractivity contribution is 0.306. The molecule has 0 amide bonds. The van der Waals surface area contributed by atoms with Gasteiger partial charge < -0.3 is 10.1 Å². The smallest absolute Gasteiger partial charge is 0.119 e. The lowest BCUT2D eigenvalue weighted by atomic mass is 10.1. The molecule has 0 aliphatic rings. The number of nitrogens with one attached hydrogen (secondary N) is 1. The van der Waals surface area contributed by atoms with Gasteiger partial charge in [0.1, 0.15) is 12.4 Å². The van der Waals surface area contributed by atoms with E-state index in [1.165, 1.54) is 16.7 Å². The molecule has 21 heavy (non-hydrogen) atoms. The van der Waals surface area contributed by atoms with Gasteiger partial charge in [0.2, 0.25) is 0 Å². The zero-order valence-corrected chi connectivity index (χ0v) is 13.2. The highest BCUT2D eigenvalue weighted by Gasteiger charge is 2.03. The van der Waals surface area contributed by atoms with E-state index in [1.807, 2.05) is 12.1 Å². The zero-order valence-electron chi connectivity index (χ0n) is 13.2. The van der Waals surface area contributed by atoms with Crippen molar-refractivity contribution in [2.45, 2.75) is 39.8 Å². The van der Waals surface area contributed by atoms with Gasteiger partial charge in [-0.05, 0) is 48.7 Å². The summed E-state index contributed by atoms with van der Waals surface area (Å²) in [6, 6.07) is 17.3. The van der Waals surface area contributed by atoms with Gasteiger partial charge in [0, 0.05) is 6.04 Å². The van der Waals surface area contributed by atoms with E-state index in [9.17, 15) is 0 Å². The van der Waals surface area contributed by atoms with E-state index in [2.05, 4.69) is 62.5 Å². The molecule has 2 aromatic rings. The van der Waals surface area contributed by atoms with Gasteiger partial charge in [0.05, 0.1) is 0 Å². The van der Waals surface area contributed by atoms with Crippen molar-refractivity contribution in [2.24, 2.45) is 0 Å². The third kappa shape index (κ3) is 4.61. The van der Waals surface area contributed by atoms with E-state index < -0.39 is 0 Å². The van der Waals surface area contributed by atoms with Crippen molar-refractivity contribution < 1.29 is 4.74 Å². The van der Waals surface area contributed by atoms with Crippen LogP contribution in [0.2, 0.25) is 0 Å². The van der Waals surface area contributed by atoms with Crippen LogP contribution in [0.4, 0.5) is 0 Å². The van der Waals surface area contributed by atoms with Crippen LogP contribution in [0.5, 0.6) is 5.75 Å². The van der Waals surface area contributed by atoms with Crippen LogP contribution in [0, 0.1) is 0 Å². The Kier molecular flexibility index (Phi) is 5.82. The summed E-state index contributed by atoms with van der Waals surface area (Å²) >= 11 is 0. The Balaban J connectivity index is 1.90. The molecule has 0 aromatic heterocycles. The van der Waals surface area contributed by atoms with Crippen LogP contribution >= 0.6 is 0 Å². The van der Waals surface area contributed by atoms with Crippen molar-refractivity contribution in [3.8, 4) is 5.75 Å². The SMILES string of the molecule is CCNC(C)c1ccc(OCc2ccc(CC)cc2)cc1. The molecular formula is C19H25NO. The largest absolute Gasteiger partial charge is 0.489 e. The van der Waals surface area contributed by atoms with Crippen molar-refractivity contribution in [3.05, 3.63) is 65.2 Å². The molecule has 0 spiro atoms. The predicted molar refractivity (Wildman–Crippen MR) is 88.7 cm³/mol. The molecule has 2 nitrogen and oxygen atoms in total. The molecule has 0 saturated heterocycles. The summed E-state index contributed by atoms with van der Waals surface area (Å²) in [6.07, 6.45) is 1.08. The third-order valence-corrected chi connectivity index (χ3v) is 3.73. The second-order valence-electron chi connectivity index (χ2n) is 5.31. The number of ether oxygens (including phenoxy) is 1. The van der Waals surface area contributed by atoms with Gasteiger partial charge in [0.25, 0.3) is 0 Å². The second kappa shape index (κ2) is 7.84. The van der Waals surface area contributed by atoms with E-state index in [-0.39, 0.29) is 0 Å². The lowest BCUT2D eigenvalue weighted by Crippen LogP contribution is -2.17. The molecule has 1 atom stereocenters. The third-order valence-electron chi connectivity index (χ3n) is 3.73. The first-order valence-electron chi connectivity index (χ1n) is 7.77. The molecular weight excluding hydrogens is 258 g/mol. The van der Waals surface area contributed by atoms with Gasteiger partial charge in [-0.3, -0.25) is 0 Å². The molecule has 0 heterocycles. The molecule has 0 bridgehead atoms. The van der Waals surface area contributed by atoms with Crippen molar-refractivity contribution in [2.75, 3.05) is 6.54 Å². The number of hydrogen-bond donors (Lipinski definition) is 1. The van der Waals surface area contributed by atoms with Gasteiger partial charge in [-0.1, -0.05) is 50.2 Å². The number of hydrogen-bond acceptors (Lipinski definition) is 2. The maximum atomic E-state index is 5.84. The quantitative estimate of drug-likeness (QED) is 0.808. The minimum Gasteiger partial charge on any atom is -0.489 e. The Labute approximate surface area is 128 Å². The molecule has 0 fully saturated rings. The van der Waals surface area contributed by atoms with Gasteiger partial charge in [-0.2, -0.15) is 0 Å². The maximum absolute atomic E-state index is 5.84. The fourth-order valence-electron chi connectivity index (χ4n) is 2.31. The Morgan fingerprint density at radius 3 is 2.10 bits per heavy atom. The van der Waals surface area contributed by atoms with Crippen LogP contribution in [0.15, 0.2) is 48.5 Å². The van der Waals surface area contributed by atoms with Crippen LogP contribution in [0.25, 0.3) is 0 Å². The number of rotatable bonds is 7. The van der Waals surface area contributed by atoms with E-state index >= 15 is 0 Å². The van der Waals surface area contributed by atoms with Crippen molar-refractivity contribution >= 4 is 0 Å². The first-order chi connectivity index (χ1) is 10.2. The summed E-state index contributed by atoms with van der Waals surface area (Å²) in [5.41, 5.74) is 3.86. The van der Waals surface area contributed by atoms with E-state index in [0.717, 1.165) is 18.7 Å². The average molecular weight is 283 g/mol. The minimum absolute atomic E-state index is 0.380. The van der Waals surface area contributed by atoms with Crippen molar-refractivity contribution in [1.82, 2.24) is 5.32 Å². The summed E-state index contributed by atoms with van der Waals surface area (Å²) in [6.45, 7) is 8.06. The van der Waals surface area contributed by atoms with Crippen molar-refractivity contribution in [1.29, 1.82) is 0 Å². The minimum atomic E-state index is 0.380. The average Bonchev–Trinajstić information content (AvgIpc) is 2.54. The van der Waals surface area contributed by atoms with E-state index in [4.69, 9.17) is 4.74 Å². The van der Waals surface area contributed by atoms with Crippen LogP contribution in [0.3, 0.4) is 0 Å². The fraction of sp³-hybridized carbons (Fsp3) is 0.368. The van der Waals surface area contributed by atoms with Crippen LogP contribution in [-0.4, -0.2) is 6.54 Å². The standard InChI is InChI=1S/C19H25NO/c1-4-16-6-8-17(9-7-16)14-21-19-12-10-18(11-13-19)15(3)20-5-2/h6-13,15,20H,4-5,14H2,1-3H3. The Morgan fingerprint density at radius 2 is 1.52 bits per heavy atom. The van der Waals surface area contributed by atoms with Gasteiger partial charge in [0.15, 0.2) is 0 Å². The summed E-state index contributed by atoms with van der Waals surface area (Å²) in [7, 11) is 0. The Morgan fingerprint density at radius 1 is 0.905 bits per heavy atom. The van der Waals surface area contributed by atoms with Crippen LogP contribution in [-0.2, 0) is 13.0 Å². The highest BCUT2D eigenvalue weighted by Crippen LogP contribution is 2.18. The molecule has 0 aliphatic heterocycles. The van der Waals surface area contributed by atoms with E-state index in [0.29, 0.717) is 12.6 Å². The second-order valence-corrected chi connectivity index (χ2v) is 5.31. The van der Waals surface area contributed by atoms with E-state index in [1.54, 1.807) is 0 Å². The topological polar surface area (TPSA) is 21.3 Å². The molecule has 112 valence electrons. The highest BCUT2D eigenvalue weighted by molar-refractivity contribution is 5.29. The Hall–Kier alpha value is -1.80. The van der Waals surface area contributed by atoms with Crippen LogP contribution in [0.1, 0.15) is 43.5 Å². The predicted octanol–water partition coefficient (Wildman–Crippen LogP) is 4.50. The Bertz CT molecular complexity index is 530. The molecule has 0 radical (unpaired) electrons. The summed E-state index contributed by atoms with van der Waals surface area (Å²) in [4.78, 5) is 0. The summed E-state index contributed by atoms with van der Waals surface area (Å²) in [5, 5.41) is 3.41. The molecule has 0 aliphatic carbocycles. The normalized spacial score (nSPS) is 12.1. The number of benzene rings is 2. The zero-order chi connectivity index (χ0) is 15.1. The lowest BCUT2D eigenvalue weighted by Gasteiger charge is -2.13. The molecule has 0 saturated carbocycles. The van der Waals surface area contributed by atoms with Gasteiger partial charge in [-0.25, -0.2) is 0 Å². The number of aryl methyl sites for hydroxylation is 1. The van der Waals surface area contributed by atoms with Gasteiger partial charge in [-0.15, -0.1) is 0 Å². The first-order valence-corrected chi connectivity index (χ1v) is 7.77. The highest BCUT2D eigenvalue weighted by atomic mass is 16.5. The first kappa shape index (κ1) is 15.6. The fourth-order valence-corrected chi connectivity index (χ4v) is 2.31. The molecule has 2 aromatic carbocycles. The molecule has 2 rings (SSSR count). The van der Waals surface area contributed by atoms with Gasteiger partial charge >= 0.3 is 0 Å². The van der Waals surface area contributed by atoms with Crippen molar-refractivity contribution in [3.63, 3.8) is 0 Å². The summed E-state index contributed by atoms with van der Waals surface area (Å²) < 4.78 is 5.84. The monoisotopic (exact) mass is 283 g/mol. The van der Waals surface area contributed by atoms with Crippen LogP contribution < -0.4 is 10.1 Å². The molecule has 2 heteroatoms. The molecule has 1 unspecified atom stereocenters. The maximum Gasteiger partial charge on any atom is 0.119 e. The summed E-state index contributed by atoms with van der Waals surface area (Å²) in [5.74, 6) is 0.919.